The highest BCUT2D eigenvalue weighted by Crippen LogP contribution is 2.14. The van der Waals surface area contributed by atoms with Gasteiger partial charge in [-0.1, -0.05) is 48.9 Å². The van der Waals surface area contributed by atoms with Crippen LogP contribution in [0.5, 0.6) is 0 Å². The lowest BCUT2D eigenvalue weighted by Gasteiger charge is -2.15. The Morgan fingerprint density at radius 1 is 1.05 bits per heavy atom. The van der Waals surface area contributed by atoms with Crippen LogP contribution >= 0.6 is 0 Å². The summed E-state index contributed by atoms with van der Waals surface area (Å²) >= 11 is 0. The van der Waals surface area contributed by atoms with Crippen LogP contribution in [0.3, 0.4) is 0 Å². The molecule has 2 heteroatoms. The van der Waals surface area contributed by atoms with Crippen LogP contribution in [0.1, 0.15) is 46.9 Å². The van der Waals surface area contributed by atoms with Crippen molar-refractivity contribution in [3.63, 3.8) is 0 Å². The van der Waals surface area contributed by atoms with Gasteiger partial charge in [0.05, 0.1) is 6.04 Å². The Morgan fingerprint density at radius 3 is 2.20 bits per heavy atom. The molecule has 0 aliphatic heterocycles. The first-order valence-electron chi connectivity index (χ1n) is 7.06. The molecule has 1 N–H and O–H groups in total. The van der Waals surface area contributed by atoms with Gasteiger partial charge < -0.3 is 5.32 Å². The maximum Gasteiger partial charge on any atom is 0.251 e. The number of carbonyl (C=O) groups excluding carboxylic acids is 1. The molecule has 1 amide bonds. The summed E-state index contributed by atoms with van der Waals surface area (Å²) in [5, 5.41) is 3.03. The van der Waals surface area contributed by atoms with Crippen molar-refractivity contribution < 1.29 is 4.79 Å². The van der Waals surface area contributed by atoms with Gasteiger partial charge >= 0.3 is 0 Å². The highest BCUT2D eigenvalue weighted by Gasteiger charge is 2.11. The summed E-state index contributed by atoms with van der Waals surface area (Å²) < 4.78 is 0. The van der Waals surface area contributed by atoms with Crippen molar-refractivity contribution in [1.82, 2.24) is 5.32 Å². The third-order valence-electron chi connectivity index (χ3n) is 3.55. The molecule has 0 aromatic heterocycles. The van der Waals surface area contributed by atoms with Crippen molar-refractivity contribution in [2.24, 2.45) is 0 Å². The van der Waals surface area contributed by atoms with E-state index in [4.69, 9.17) is 0 Å². The molecule has 0 bridgehead atoms. The first-order chi connectivity index (χ1) is 9.60. The first-order valence-corrected chi connectivity index (χ1v) is 7.06. The summed E-state index contributed by atoms with van der Waals surface area (Å²) in [5.74, 6) is -0.0305. The Morgan fingerprint density at radius 2 is 1.65 bits per heavy atom. The Balaban J connectivity index is 2.04. The van der Waals surface area contributed by atoms with Crippen LogP contribution in [-0.4, -0.2) is 5.91 Å². The number of aryl methyl sites for hydroxylation is 2. The van der Waals surface area contributed by atoms with E-state index in [-0.39, 0.29) is 11.9 Å². The molecular weight excluding hydrogens is 246 g/mol. The molecule has 1 atom stereocenters. The molecular formula is C18H21NO. The van der Waals surface area contributed by atoms with Crippen molar-refractivity contribution >= 4 is 5.91 Å². The monoisotopic (exact) mass is 267 g/mol. The summed E-state index contributed by atoms with van der Waals surface area (Å²) in [6, 6.07) is 16.0. The zero-order valence-electron chi connectivity index (χ0n) is 12.3. The topological polar surface area (TPSA) is 29.1 Å². The predicted octanol–water partition coefficient (Wildman–Crippen LogP) is 4.05. The van der Waals surface area contributed by atoms with E-state index in [1.54, 1.807) is 0 Å². The van der Waals surface area contributed by atoms with Crippen molar-refractivity contribution in [3.05, 3.63) is 70.8 Å². The first kappa shape index (κ1) is 14.3. The third-order valence-corrected chi connectivity index (χ3v) is 3.55. The van der Waals surface area contributed by atoms with Crippen molar-refractivity contribution in [3.8, 4) is 0 Å². The summed E-state index contributed by atoms with van der Waals surface area (Å²) in [6.07, 6.45) is 1.03. The minimum atomic E-state index is -0.0305. The maximum absolute atomic E-state index is 12.2. The average molecular weight is 267 g/mol. The van der Waals surface area contributed by atoms with Gasteiger partial charge in [-0.15, -0.1) is 0 Å². The van der Waals surface area contributed by atoms with E-state index in [1.165, 1.54) is 5.56 Å². The number of carbonyl (C=O) groups is 1. The fourth-order valence-electron chi connectivity index (χ4n) is 2.11. The fourth-order valence-corrected chi connectivity index (χ4v) is 2.11. The summed E-state index contributed by atoms with van der Waals surface area (Å²) in [4.78, 5) is 12.2. The van der Waals surface area contributed by atoms with Crippen molar-refractivity contribution in [2.45, 2.75) is 33.2 Å². The number of nitrogens with one attached hydrogen (secondary N) is 1. The van der Waals surface area contributed by atoms with E-state index in [2.05, 4.69) is 36.5 Å². The van der Waals surface area contributed by atoms with Gasteiger partial charge in [0.1, 0.15) is 0 Å². The molecule has 2 aromatic rings. The largest absolute Gasteiger partial charge is 0.346 e. The van der Waals surface area contributed by atoms with Gasteiger partial charge in [0.2, 0.25) is 0 Å². The number of benzene rings is 2. The molecule has 1 unspecified atom stereocenters. The molecule has 0 heterocycles. The van der Waals surface area contributed by atoms with Crippen molar-refractivity contribution in [2.75, 3.05) is 0 Å². The Hall–Kier alpha value is -2.09. The highest BCUT2D eigenvalue weighted by molar-refractivity contribution is 5.94. The second-order valence-corrected chi connectivity index (χ2v) is 5.16. The van der Waals surface area contributed by atoms with Crippen LogP contribution in [0.15, 0.2) is 48.5 Å². The minimum absolute atomic E-state index is 0.00899. The predicted molar refractivity (Wildman–Crippen MR) is 82.9 cm³/mol. The lowest BCUT2D eigenvalue weighted by atomic mass is 10.0. The van der Waals surface area contributed by atoms with Gasteiger partial charge in [-0.3, -0.25) is 4.79 Å². The second kappa shape index (κ2) is 6.38. The van der Waals surface area contributed by atoms with Gasteiger partial charge in [-0.05, 0) is 43.5 Å². The van der Waals surface area contributed by atoms with Crippen LogP contribution in [0.25, 0.3) is 0 Å². The molecule has 0 spiro atoms. The van der Waals surface area contributed by atoms with Crippen LogP contribution in [0.4, 0.5) is 0 Å². The molecule has 0 saturated carbocycles. The summed E-state index contributed by atoms with van der Waals surface area (Å²) in [5.41, 5.74) is 4.30. The molecule has 0 aliphatic rings. The normalized spacial score (nSPS) is 11.9. The number of hydrogen-bond donors (Lipinski definition) is 1. The molecule has 20 heavy (non-hydrogen) atoms. The molecule has 2 nitrogen and oxygen atoms in total. The zero-order valence-corrected chi connectivity index (χ0v) is 12.3. The molecule has 0 fully saturated rings. The van der Waals surface area contributed by atoms with Gasteiger partial charge in [0.15, 0.2) is 0 Å². The lowest BCUT2D eigenvalue weighted by molar-refractivity contribution is 0.0940. The molecule has 0 radical (unpaired) electrons. The van der Waals surface area contributed by atoms with Crippen LogP contribution < -0.4 is 5.32 Å². The van der Waals surface area contributed by atoms with Crippen LogP contribution in [0, 0.1) is 6.92 Å². The van der Waals surface area contributed by atoms with Crippen LogP contribution in [-0.2, 0) is 6.42 Å². The van der Waals surface area contributed by atoms with E-state index in [1.807, 2.05) is 38.1 Å². The fraction of sp³-hybridized carbons (Fsp3) is 0.278. The smallest absolute Gasteiger partial charge is 0.251 e. The van der Waals surface area contributed by atoms with E-state index >= 15 is 0 Å². The Labute approximate surface area is 120 Å². The van der Waals surface area contributed by atoms with Gasteiger partial charge in [-0.25, -0.2) is 0 Å². The molecule has 0 saturated heterocycles. The van der Waals surface area contributed by atoms with Gasteiger partial charge in [0, 0.05) is 5.56 Å². The molecule has 0 aliphatic carbocycles. The average Bonchev–Trinajstić information content (AvgIpc) is 2.48. The SMILES string of the molecule is CCc1ccc(C(C)NC(=O)c2ccc(C)cc2)cc1. The minimum Gasteiger partial charge on any atom is -0.346 e. The highest BCUT2D eigenvalue weighted by atomic mass is 16.1. The summed E-state index contributed by atoms with van der Waals surface area (Å²) in [7, 11) is 0. The summed E-state index contributed by atoms with van der Waals surface area (Å²) in [6.45, 7) is 6.16. The second-order valence-electron chi connectivity index (χ2n) is 5.16. The number of rotatable bonds is 4. The lowest BCUT2D eigenvalue weighted by Crippen LogP contribution is -2.26. The molecule has 2 rings (SSSR count). The maximum atomic E-state index is 12.2. The Kier molecular flexibility index (Phi) is 4.57. The Bertz CT molecular complexity index is 569. The standard InChI is InChI=1S/C18H21NO/c1-4-15-7-11-16(12-8-15)14(3)19-18(20)17-9-5-13(2)6-10-17/h5-12,14H,4H2,1-3H3,(H,19,20). The van der Waals surface area contributed by atoms with E-state index < -0.39 is 0 Å². The van der Waals surface area contributed by atoms with Crippen LogP contribution in [0.2, 0.25) is 0 Å². The number of hydrogen-bond acceptors (Lipinski definition) is 1. The molecule has 104 valence electrons. The third kappa shape index (κ3) is 3.47. The van der Waals surface area contributed by atoms with Gasteiger partial charge in [0.25, 0.3) is 5.91 Å². The zero-order chi connectivity index (χ0) is 14.5. The number of amides is 1. The van der Waals surface area contributed by atoms with E-state index in [9.17, 15) is 4.79 Å². The quantitative estimate of drug-likeness (QED) is 0.889. The van der Waals surface area contributed by atoms with Crippen molar-refractivity contribution in [1.29, 1.82) is 0 Å². The van der Waals surface area contributed by atoms with Gasteiger partial charge in [-0.2, -0.15) is 0 Å². The molecule has 2 aromatic carbocycles. The van der Waals surface area contributed by atoms with E-state index in [0.717, 1.165) is 17.5 Å². The van der Waals surface area contributed by atoms with E-state index in [0.29, 0.717) is 5.56 Å².